The Morgan fingerprint density at radius 1 is 0.857 bits per heavy atom. The third-order valence-corrected chi connectivity index (χ3v) is 4.91. The molecular formula is C24H17N4. The number of rotatable bonds is 3. The predicted octanol–water partition coefficient (Wildman–Crippen LogP) is 5.46. The van der Waals surface area contributed by atoms with E-state index in [1.165, 1.54) is 0 Å². The molecule has 0 bridgehead atoms. The zero-order valence-corrected chi connectivity index (χ0v) is 15.3. The standard InChI is InChI=1S/C24H17N4/c1-16-21(15-26-28-16)24-20-14-19(17-8-4-2-5-9-17)23(18-10-6-3-7-11-18)27-22(20)12-13-25-24/h2,4-15H,1H3,(H,26,28). The molecule has 0 fully saturated rings. The molecule has 1 N–H and O–H groups in total. The number of hydrogen-bond donors (Lipinski definition) is 1. The molecule has 28 heavy (non-hydrogen) atoms. The Morgan fingerprint density at radius 3 is 2.43 bits per heavy atom. The minimum atomic E-state index is 0.890. The second kappa shape index (κ2) is 6.74. The average molecular weight is 361 g/mol. The molecule has 2 aromatic carbocycles. The third kappa shape index (κ3) is 2.76. The Balaban J connectivity index is 1.85. The van der Waals surface area contributed by atoms with Crippen molar-refractivity contribution in [2.45, 2.75) is 6.92 Å². The van der Waals surface area contributed by atoms with Crippen molar-refractivity contribution in [1.82, 2.24) is 20.2 Å². The molecule has 1 radical (unpaired) electrons. The smallest absolute Gasteiger partial charge is 0.0830 e. The summed E-state index contributed by atoms with van der Waals surface area (Å²) in [5.41, 5.74) is 7.94. The first-order valence-electron chi connectivity index (χ1n) is 9.13. The molecule has 4 nitrogen and oxygen atoms in total. The molecule has 5 aromatic rings. The van der Waals surface area contributed by atoms with Gasteiger partial charge >= 0.3 is 0 Å². The van der Waals surface area contributed by atoms with Gasteiger partial charge < -0.3 is 0 Å². The molecule has 3 heterocycles. The van der Waals surface area contributed by atoms with Crippen molar-refractivity contribution in [3.05, 3.63) is 90.9 Å². The van der Waals surface area contributed by atoms with Gasteiger partial charge in [0.1, 0.15) is 0 Å². The van der Waals surface area contributed by atoms with Gasteiger partial charge in [0.15, 0.2) is 0 Å². The van der Waals surface area contributed by atoms with Crippen molar-refractivity contribution >= 4 is 10.9 Å². The van der Waals surface area contributed by atoms with Gasteiger partial charge in [-0.2, -0.15) is 5.10 Å². The molecule has 0 spiro atoms. The second-order valence-corrected chi connectivity index (χ2v) is 6.65. The fraction of sp³-hybridized carbons (Fsp3) is 0.0417. The van der Waals surface area contributed by atoms with Crippen molar-refractivity contribution in [1.29, 1.82) is 0 Å². The summed E-state index contributed by atoms with van der Waals surface area (Å²) in [5, 5.41) is 8.20. The van der Waals surface area contributed by atoms with E-state index in [-0.39, 0.29) is 0 Å². The molecule has 0 aliphatic carbocycles. The summed E-state index contributed by atoms with van der Waals surface area (Å²) in [7, 11) is 0. The molecule has 0 amide bonds. The summed E-state index contributed by atoms with van der Waals surface area (Å²) in [6.07, 6.45) is 3.70. The largest absolute Gasteiger partial charge is 0.285 e. The maximum atomic E-state index is 5.04. The van der Waals surface area contributed by atoms with Crippen LogP contribution < -0.4 is 0 Å². The predicted molar refractivity (Wildman–Crippen MR) is 112 cm³/mol. The topological polar surface area (TPSA) is 54.5 Å². The van der Waals surface area contributed by atoms with Crippen LogP contribution in [0.5, 0.6) is 0 Å². The Kier molecular flexibility index (Phi) is 3.95. The van der Waals surface area contributed by atoms with Crippen LogP contribution >= 0.6 is 0 Å². The fourth-order valence-electron chi connectivity index (χ4n) is 3.51. The maximum Gasteiger partial charge on any atom is 0.0830 e. The zero-order chi connectivity index (χ0) is 18.9. The van der Waals surface area contributed by atoms with Gasteiger partial charge in [0.25, 0.3) is 0 Å². The SMILES string of the molecule is Cc1n[nH]cc1-c1nccc2nc(-c3cc[c]cc3)c(-c3ccccc3)cc12. The minimum absolute atomic E-state index is 0.890. The summed E-state index contributed by atoms with van der Waals surface area (Å²) in [6, 6.07) is 25.5. The number of aromatic nitrogens is 4. The van der Waals surface area contributed by atoms with Crippen LogP contribution in [0.2, 0.25) is 0 Å². The highest BCUT2D eigenvalue weighted by molar-refractivity contribution is 5.98. The number of nitrogens with zero attached hydrogens (tertiary/aromatic N) is 3. The van der Waals surface area contributed by atoms with E-state index >= 15 is 0 Å². The number of H-pyrrole nitrogens is 1. The van der Waals surface area contributed by atoms with E-state index in [0.29, 0.717) is 0 Å². The van der Waals surface area contributed by atoms with E-state index in [1.54, 1.807) is 0 Å². The van der Waals surface area contributed by atoms with Gasteiger partial charge in [0, 0.05) is 34.5 Å². The van der Waals surface area contributed by atoms with Crippen molar-refractivity contribution in [2.24, 2.45) is 0 Å². The number of pyridine rings is 2. The lowest BCUT2D eigenvalue weighted by atomic mass is 9.96. The van der Waals surface area contributed by atoms with Crippen LogP contribution in [0.3, 0.4) is 0 Å². The van der Waals surface area contributed by atoms with E-state index < -0.39 is 0 Å². The first kappa shape index (κ1) is 16.4. The van der Waals surface area contributed by atoms with Gasteiger partial charge in [0.05, 0.1) is 22.6 Å². The summed E-state index contributed by atoms with van der Waals surface area (Å²) < 4.78 is 0. The lowest BCUT2D eigenvalue weighted by Gasteiger charge is -2.13. The molecule has 5 rings (SSSR count). The molecule has 0 aliphatic rings. The average Bonchev–Trinajstić information content (AvgIpc) is 3.19. The number of benzene rings is 2. The van der Waals surface area contributed by atoms with Crippen LogP contribution in [0.25, 0.3) is 44.5 Å². The van der Waals surface area contributed by atoms with Gasteiger partial charge in [-0.1, -0.05) is 54.6 Å². The summed E-state index contributed by atoms with van der Waals surface area (Å²) in [4.78, 5) is 9.68. The second-order valence-electron chi connectivity index (χ2n) is 6.65. The molecule has 133 valence electrons. The molecule has 0 saturated carbocycles. The van der Waals surface area contributed by atoms with E-state index in [4.69, 9.17) is 4.98 Å². The Hall–Kier alpha value is -3.79. The zero-order valence-electron chi connectivity index (χ0n) is 15.3. The Morgan fingerprint density at radius 2 is 1.68 bits per heavy atom. The molecule has 3 aromatic heterocycles. The molecule has 0 saturated heterocycles. The van der Waals surface area contributed by atoms with Gasteiger partial charge in [0.2, 0.25) is 0 Å². The Labute approximate surface area is 162 Å². The van der Waals surface area contributed by atoms with E-state index in [1.807, 2.05) is 67.8 Å². The number of fused-ring (bicyclic) bond motifs is 1. The quantitative estimate of drug-likeness (QED) is 0.464. The summed E-state index contributed by atoms with van der Waals surface area (Å²) >= 11 is 0. The third-order valence-electron chi connectivity index (χ3n) is 4.91. The van der Waals surface area contributed by atoms with Gasteiger partial charge in [-0.25, -0.2) is 4.98 Å². The van der Waals surface area contributed by atoms with Crippen LogP contribution in [0.1, 0.15) is 5.69 Å². The van der Waals surface area contributed by atoms with Crippen LogP contribution in [0.15, 0.2) is 79.1 Å². The van der Waals surface area contributed by atoms with E-state index in [0.717, 1.165) is 50.2 Å². The maximum absolute atomic E-state index is 5.04. The van der Waals surface area contributed by atoms with E-state index in [2.05, 4.69) is 39.4 Å². The summed E-state index contributed by atoms with van der Waals surface area (Å²) in [5.74, 6) is 0. The number of nitrogens with one attached hydrogen (secondary N) is 1. The number of aromatic amines is 1. The monoisotopic (exact) mass is 361 g/mol. The first-order chi connectivity index (χ1) is 13.8. The highest BCUT2D eigenvalue weighted by atomic mass is 15.1. The van der Waals surface area contributed by atoms with Crippen molar-refractivity contribution in [2.75, 3.05) is 0 Å². The normalized spacial score (nSPS) is 11.0. The van der Waals surface area contributed by atoms with Crippen LogP contribution in [-0.2, 0) is 0 Å². The Bertz CT molecular complexity index is 1260. The number of hydrogen-bond acceptors (Lipinski definition) is 3. The minimum Gasteiger partial charge on any atom is -0.285 e. The van der Waals surface area contributed by atoms with Gasteiger partial charge in [-0.15, -0.1) is 0 Å². The summed E-state index contributed by atoms with van der Waals surface area (Å²) in [6.45, 7) is 1.98. The molecule has 0 aliphatic heterocycles. The van der Waals surface area contributed by atoms with Crippen molar-refractivity contribution in [3.63, 3.8) is 0 Å². The van der Waals surface area contributed by atoms with E-state index in [9.17, 15) is 0 Å². The molecule has 0 atom stereocenters. The highest BCUT2D eigenvalue weighted by Gasteiger charge is 2.16. The van der Waals surface area contributed by atoms with Crippen molar-refractivity contribution in [3.8, 4) is 33.6 Å². The fourth-order valence-corrected chi connectivity index (χ4v) is 3.51. The first-order valence-corrected chi connectivity index (χ1v) is 9.13. The van der Waals surface area contributed by atoms with Crippen LogP contribution in [0.4, 0.5) is 0 Å². The van der Waals surface area contributed by atoms with Gasteiger partial charge in [-0.05, 0) is 30.7 Å². The van der Waals surface area contributed by atoms with Crippen LogP contribution in [0, 0.1) is 13.0 Å². The number of aryl methyl sites for hydroxylation is 1. The molecular weight excluding hydrogens is 344 g/mol. The lowest BCUT2D eigenvalue weighted by molar-refractivity contribution is 1.05. The van der Waals surface area contributed by atoms with Crippen molar-refractivity contribution < 1.29 is 0 Å². The molecule has 0 unspecified atom stereocenters. The van der Waals surface area contributed by atoms with Gasteiger partial charge in [-0.3, -0.25) is 10.1 Å². The van der Waals surface area contributed by atoms with Crippen LogP contribution in [-0.4, -0.2) is 20.2 Å². The highest BCUT2D eigenvalue weighted by Crippen LogP contribution is 2.36. The molecule has 4 heteroatoms. The lowest BCUT2D eigenvalue weighted by Crippen LogP contribution is -1.94.